The summed E-state index contributed by atoms with van der Waals surface area (Å²) in [4.78, 5) is 14.4. The van der Waals surface area contributed by atoms with Gasteiger partial charge in [-0.05, 0) is 42.8 Å². The average Bonchev–Trinajstić information content (AvgIpc) is 3.35. The van der Waals surface area contributed by atoms with Gasteiger partial charge in [0, 0.05) is 42.9 Å². The molecule has 1 fully saturated rings. The average molecular weight is 347 g/mol. The molecule has 0 bridgehead atoms. The van der Waals surface area contributed by atoms with Gasteiger partial charge in [-0.2, -0.15) is 5.10 Å². The molecule has 26 heavy (non-hydrogen) atoms. The number of rotatable bonds is 4. The van der Waals surface area contributed by atoms with Crippen LogP contribution in [0.25, 0.3) is 5.69 Å². The lowest BCUT2D eigenvalue weighted by Gasteiger charge is -2.18. The minimum absolute atomic E-state index is 0.0695. The summed E-state index contributed by atoms with van der Waals surface area (Å²) in [7, 11) is 0. The van der Waals surface area contributed by atoms with E-state index in [2.05, 4.69) is 15.7 Å². The molecule has 1 aliphatic heterocycles. The number of carbonyl (C=O) groups excluding carboxylic acids is 1. The minimum Gasteiger partial charge on any atom is -0.380 e. The van der Waals surface area contributed by atoms with E-state index in [1.54, 1.807) is 10.9 Å². The molecule has 0 spiro atoms. The summed E-state index contributed by atoms with van der Waals surface area (Å²) < 4.78 is 1.77. The quantitative estimate of drug-likeness (QED) is 0.758. The third-order valence-electron chi connectivity index (χ3n) is 4.49. The highest BCUT2D eigenvalue weighted by molar-refractivity contribution is 5.89. The summed E-state index contributed by atoms with van der Waals surface area (Å²) in [5.74, 6) is 0. The number of hydrogen-bond acceptors (Lipinski definition) is 3. The van der Waals surface area contributed by atoms with Crippen LogP contribution in [0.5, 0.6) is 0 Å². The highest BCUT2D eigenvalue weighted by Crippen LogP contribution is 2.18. The van der Waals surface area contributed by atoms with E-state index in [9.17, 15) is 4.79 Å². The van der Waals surface area contributed by atoms with Gasteiger partial charge >= 0.3 is 6.03 Å². The second kappa shape index (κ2) is 7.31. The zero-order valence-corrected chi connectivity index (χ0v) is 14.4. The molecule has 2 N–H and O–H groups in total. The Morgan fingerprint density at radius 2 is 1.88 bits per heavy atom. The van der Waals surface area contributed by atoms with E-state index in [0.29, 0.717) is 6.54 Å². The van der Waals surface area contributed by atoms with E-state index in [4.69, 9.17) is 0 Å². The standard InChI is InChI=1S/C20H21N5O/c26-20(23-17-8-4-9-19(14-17)25-12-5-11-21-25)24-13-10-18(15-24)22-16-6-2-1-3-7-16/h1-9,11-12,14,18,22H,10,13,15H2,(H,23,26)/t18-/m0/s1. The molecule has 0 saturated carbocycles. The van der Waals surface area contributed by atoms with Gasteiger partial charge in [-0.15, -0.1) is 0 Å². The van der Waals surface area contributed by atoms with Gasteiger partial charge in [0.05, 0.1) is 5.69 Å². The molecule has 0 radical (unpaired) electrons. The van der Waals surface area contributed by atoms with Crippen molar-refractivity contribution in [3.8, 4) is 5.69 Å². The molecule has 0 aliphatic carbocycles. The predicted molar refractivity (Wildman–Crippen MR) is 103 cm³/mol. The Morgan fingerprint density at radius 1 is 1.04 bits per heavy atom. The smallest absolute Gasteiger partial charge is 0.321 e. The van der Waals surface area contributed by atoms with Crippen molar-refractivity contribution in [1.82, 2.24) is 14.7 Å². The Morgan fingerprint density at radius 3 is 2.69 bits per heavy atom. The number of hydrogen-bond donors (Lipinski definition) is 2. The van der Waals surface area contributed by atoms with E-state index in [0.717, 1.165) is 30.0 Å². The van der Waals surface area contributed by atoms with Crippen LogP contribution in [0.2, 0.25) is 0 Å². The lowest BCUT2D eigenvalue weighted by molar-refractivity contribution is 0.222. The van der Waals surface area contributed by atoms with E-state index in [1.807, 2.05) is 71.8 Å². The second-order valence-electron chi connectivity index (χ2n) is 6.37. The second-order valence-corrected chi connectivity index (χ2v) is 6.37. The molecule has 1 aromatic heterocycles. The summed E-state index contributed by atoms with van der Waals surface area (Å²) in [6.45, 7) is 1.44. The number of urea groups is 1. The van der Waals surface area contributed by atoms with Crippen molar-refractivity contribution in [2.45, 2.75) is 12.5 Å². The Hall–Kier alpha value is -3.28. The van der Waals surface area contributed by atoms with Crippen LogP contribution >= 0.6 is 0 Å². The van der Waals surface area contributed by atoms with Gasteiger partial charge in [-0.3, -0.25) is 0 Å². The fourth-order valence-corrected chi connectivity index (χ4v) is 3.18. The Bertz CT molecular complexity index is 863. The van der Waals surface area contributed by atoms with Gasteiger partial charge in [0.15, 0.2) is 0 Å². The van der Waals surface area contributed by atoms with E-state index in [1.165, 1.54) is 0 Å². The van der Waals surface area contributed by atoms with Gasteiger partial charge in [0.25, 0.3) is 0 Å². The maximum atomic E-state index is 12.6. The van der Waals surface area contributed by atoms with Crippen molar-refractivity contribution < 1.29 is 4.79 Å². The van der Waals surface area contributed by atoms with Gasteiger partial charge in [-0.1, -0.05) is 24.3 Å². The van der Waals surface area contributed by atoms with Crippen LogP contribution < -0.4 is 10.6 Å². The van der Waals surface area contributed by atoms with Crippen LogP contribution in [0.4, 0.5) is 16.2 Å². The van der Waals surface area contributed by atoms with E-state index in [-0.39, 0.29) is 12.1 Å². The SMILES string of the molecule is O=C(Nc1cccc(-n2cccn2)c1)N1CC[C@H](Nc2ccccc2)C1. The summed E-state index contributed by atoms with van der Waals surface area (Å²) in [6.07, 6.45) is 4.55. The molecule has 1 aliphatic rings. The predicted octanol–water partition coefficient (Wildman–Crippen LogP) is 3.59. The first-order valence-electron chi connectivity index (χ1n) is 8.75. The molecule has 132 valence electrons. The van der Waals surface area contributed by atoms with Gasteiger partial charge in [0.2, 0.25) is 0 Å². The fraction of sp³-hybridized carbons (Fsp3) is 0.200. The first-order chi connectivity index (χ1) is 12.8. The number of carbonyl (C=O) groups is 1. The van der Waals surface area contributed by atoms with Crippen LogP contribution in [0, 0.1) is 0 Å². The highest BCUT2D eigenvalue weighted by atomic mass is 16.2. The number of benzene rings is 2. The van der Waals surface area contributed by atoms with E-state index < -0.39 is 0 Å². The van der Waals surface area contributed by atoms with Crippen LogP contribution in [-0.2, 0) is 0 Å². The summed E-state index contributed by atoms with van der Waals surface area (Å²) in [5, 5.41) is 10.7. The van der Waals surface area contributed by atoms with Crippen LogP contribution in [-0.4, -0.2) is 39.8 Å². The number of nitrogens with zero attached hydrogens (tertiary/aromatic N) is 3. The molecular weight excluding hydrogens is 326 g/mol. The minimum atomic E-state index is -0.0695. The molecule has 6 nitrogen and oxygen atoms in total. The van der Waals surface area contributed by atoms with Crippen LogP contribution in [0.1, 0.15) is 6.42 Å². The Kier molecular flexibility index (Phi) is 4.55. The van der Waals surface area contributed by atoms with Crippen molar-refractivity contribution >= 4 is 17.4 Å². The molecule has 3 aromatic rings. The summed E-state index contributed by atoms with van der Waals surface area (Å²) >= 11 is 0. The number of amides is 2. The summed E-state index contributed by atoms with van der Waals surface area (Å²) in [6, 6.07) is 19.9. The van der Waals surface area contributed by atoms with Crippen molar-refractivity contribution in [3.05, 3.63) is 73.1 Å². The Balaban J connectivity index is 1.36. The maximum Gasteiger partial charge on any atom is 0.321 e. The third kappa shape index (κ3) is 3.69. The number of para-hydroxylation sites is 1. The number of aromatic nitrogens is 2. The van der Waals surface area contributed by atoms with E-state index >= 15 is 0 Å². The first kappa shape index (κ1) is 16.2. The zero-order valence-electron chi connectivity index (χ0n) is 14.4. The third-order valence-corrected chi connectivity index (χ3v) is 4.49. The molecule has 1 atom stereocenters. The zero-order chi connectivity index (χ0) is 17.8. The van der Waals surface area contributed by atoms with Gasteiger partial charge in [-0.25, -0.2) is 9.48 Å². The lowest BCUT2D eigenvalue weighted by atomic mass is 10.2. The van der Waals surface area contributed by atoms with Crippen LogP contribution in [0.15, 0.2) is 73.1 Å². The topological polar surface area (TPSA) is 62.2 Å². The van der Waals surface area contributed by atoms with Crippen molar-refractivity contribution in [2.75, 3.05) is 23.7 Å². The number of nitrogens with one attached hydrogen (secondary N) is 2. The number of anilines is 2. The van der Waals surface area contributed by atoms with Crippen molar-refractivity contribution in [3.63, 3.8) is 0 Å². The normalized spacial score (nSPS) is 16.5. The van der Waals surface area contributed by atoms with Crippen LogP contribution in [0.3, 0.4) is 0 Å². The largest absolute Gasteiger partial charge is 0.380 e. The first-order valence-corrected chi connectivity index (χ1v) is 8.75. The molecule has 2 heterocycles. The molecule has 1 saturated heterocycles. The number of likely N-dealkylation sites (tertiary alicyclic amines) is 1. The Labute approximate surface area is 152 Å². The van der Waals surface area contributed by atoms with Crippen molar-refractivity contribution in [1.29, 1.82) is 0 Å². The molecule has 6 heteroatoms. The molecule has 0 unspecified atom stereocenters. The molecule has 4 rings (SSSR count). The van der Waals surface area contributed by atoms with Gasteiger partial charge < -0.3 is 15.5 Å². The fourth-order valence-electron chi connectivity index (χ4n) is 3.18. The van der Waals surface area contributed by atoms with Gasteiger partial charge in [0.1, 0.15) is 0 Å². The van der Waals surface area contributed by atoms with Crippen molar-refractivity contribution in [2.24, 2.45) is 0 Å². The molecular formula is C20H21N5O. The monoisotopic (exact) mass is 347 g/mol. The molecule has 2 amide bonds. The maximum absolute atomic E-state index is 12.6. The highest BCUT2D eigenvalue weighted by Gasteiger charge is 2.26. The summed E-state index contributed by atoms with van der Waals surface area (Å²) in [5.41, 5.74) is 2.77. The lowest BCUT2D eigenvalue weighted by Crippen LogP contribution is -2.34. The molecule has 2 aromatic carbocycles.